The number of rotatable bonds is 0. The van der Waals surface area contributed by atoms with Gasteiger partial charge in [0.1, 0.15) is 0 Å². The zero-order chi connectivity index (χ0) is 5.45. The average molecular weight is 206 g/mol. The maximum absolute atomic E-state index is 5.18. The molecule has 0 aliphatic rings. The standard InChI is InChI=1S/Cl4H2P2/c1-6(2,3,4)5/h5H2. The molecular formula is H2Cl4P2. The normalized spacial score (nSPS) is 19.2. The van der Waals surface area contributed by atoms with Gasteiger partial charge in [-0.2, -0.15) is 0 Å². The Balaban J connectivity index is 3.73. The van der Waals surface area contributed by atoms with E-state index in [2.05, 4.69) is 0 Å². The first kappa shape index (κ1) is 8.02. The van der Waals surface area contributed by atoms with Crippen molar-refractivity contribution < 1.29 is 0 Å². The molecule has 1 unspecified atom stereocenters. The molecule has 0 aromatic carbocycles. The van der Waals surface area contributed by atoms with Gasteiger partial charge in [0.2, 0.25) is 0 Å². The van der Waals surface area contributed by atoms with Crippen LogP contribution in [0.2, 0.25) is 0 Å². The summed E-state index contributed by atoms with van der Waals surface area (Å²) in [5.41, 5.74) is 0. The molecule has 0 aromatic rings. The van der Waals surface area contributed by atoms with E-state index in [-0.39, 0.29) is 0 Å². The SMILES string of the molecule is PP(Cl)(Cl)(Cl)Cl. The third kappa shape index (κ3) is 37.2. The van der Waals surface area contributed by atoms with Crippen LogP contribution in [0.4, 0.5) is 0 Å². The Morgan fingerprint density at radius 2 is 1.00 bits per heavy atom. The van der Waals surface area contributed by atoms with Gasteiger partial charge < -0.3 is 0 Å². The molecule has 40 valence electrons. The molecule has 0 bridgehead atoms. The molecule has 0 aliphatic heterocycles. The Morgan fingerprint density at radius 1 is 1.00 bits per heavy atom. The third-order valence-corrected chi connectivity index (χ3v) is 0. The van der Waals surface area contributed by atoms with Crippen LogP contribution in [0.25, 0.3) is 0 Å². The molecular weight excluding hydrogens is 204 g/mol. The van der Waals surface area contributed by atoms with E-state index >= 15 is 0 Å². The molecule has 0 nitrogen and oxygen atoms in total. The fourth-order valence-corrected chi connectivity index (χ4v) is 0. The Kier molecular flexibility index (Phi) is 2.35. The summed E-state index contributed by atoms with van der Waals surface area (Å²) in [7, 11) is 1.97. The molecule has 0 saturated heterocycles. The topological polar surface area (TPSA) is 0 Å². The first-order chi connectivity index (χ1) is 2.24. The number of halogens is 4. The molecule has 0 rings (SSSR count). The Labute approximate surface area is 57.7 Å². The summed E-state index contributed by atoms with van der Waals surface area (Å²) in [6.07, 6.45) is 0. The van der Waals surface area contributed by atoms with Crippen LogP contribution in [-0.2, 0) is 0 Å². The van der Waals surface area contributed by atoms with E-state index in [9.17, 15) is 0 Å². The molecule has 6 heavy (non-hydrogen) atoms. The van der Waals surface area contributed by atoms with Crippen LogP contribution >= 0.6 is 57.6 Å². The third-order valence-electron chi connectivity index (χ3n) is 0. The van der Waals surface area contributed by atoms with E-state index in [0.717, 1.165) is 0 Å². The quantitative estimate of drug-likeness (QED) is 0.526. The van der Waals surface area contributed by atoms with Gasteiger partial charge in [0, 0.05) is 0 Å². The Morgan fingerprint density at radius 3 is 1.00 bits per heavy atom. The molecule has 0 radical (unpaired) electrons. The Bertz CT molecular complexity index is 38.7. The molecule has 0 N–H and O–H groups in total. The zero-order valence-corrected chi connectivity index (χ0v) is 7.61. The van der Waals surface area contributed by atoms with Crippen molar-refractivity contribution in [3.05, 3.63) is 0 Å². The summed E-state index contributed by atoms with van der Waals surface area (Å²) in [5, 5.41) is 0. The van der Waals surface area contributed by atoms with Gasteiger partial charge in [-0.1, -0.05) is 0 Å². The van der Waals surface area contributed by atoms with Crippen molar-refractivity contribution in [1.82, 2.24) is 0 Å². The second kappa shape index (κ2) is 1.76. The van der Waals surface area contributed by atoms with Crippen molar-refractivity contribution in [2.75, 3.05) is 0 Å². The van der Waals surface area contributed by atoms with Crippen molar-refractivity contribution in [3.8, 4) is 0 Å². The van der Waals surface area contributed by atoms with Crippen LogP contribution in [0.15, 0.2) is 0 Å². The van der Waals surface area contributed by atoms with E-state index in [1.165, 1.54) is 0 Å². The Hall–Kier alpha value is 2.02. The summed E-state index contributed by atoms with van der Waals surface area (Å²) in [4.78, 5) is 0. The summed E-state index contributed by atoms with van der Waals surface area (Å²) in [6, 6.07) is 0. The second-order valence-electron chi connectivity index (χ2n) is 0.774. The van der Waals surface area contributed by atoms with Gasteiger partial charge >= 0.3 is 57.6 Å². The fourth-order valence-electron chi connectivity index (χ4n) is 0. The summed E-state index contributed by atoms with van der Waals surface area (Å²) in [5.74, 6) is 0. The zero-order valence-electron chi connectivity index (χ0n) is 2.54. The van der Waals surface area contributed by atoms with Crippen LogP contribution in [0, 0.1) is 0 Å². The van der Waals surface area contributed by atoms with Gasteiger partial charge in [-0.15, -0.1) is 0 Å². The fraction of sp³-hybridized carbons (Fsp3) is 0. The van der Waals surface area contributed by atoms with Gasteiger partial charge in [0.15, 0.2) is 0 Å². The first-order valence-electron chi connectivity index (χ1n) is 0.934. The van der Waals surface area contributed by atoms with Crippen molar-refractivity contribution in [3.63, 3.8) is 0 Å². The van der Waals surface area contributed by atoms with E-state index < -0.39 is 3.70 Å². The predicted octanol–water partition coefficient (Wildman–Crippen LogP) is 3.94. The molecule has 0 fully saturated rings. The van der Waals surface area contributed by atoms with Crippen molar-refractivity contribution in [2.45, 2.75) is 0 Å². The van der Waals surface area contributed by atoms with Crippen LogP contribution in [0.3, 0.4) is 0 Å². The maximum atomic E-state index is 5.18. The van der Waals surface area contributed by atoms with Crippen molar-refractivity contribution in [2.24, 2.45) is 0 Å². The number of hydrogen-bond donors (Lipinski definition) is 0. The molecule has 0 amide bonds. The van der Waals surface area contributed by atoms with Crippen LogP contribution < -0.4 is 0 Å². The van der Waals surface area contributed by atoms with Gasteiger partial charge in [0.25, 0.3) is 0 Å². The average Bonchev–Trinajstić information content (AvgIpc) is 0.650. The minimum absolute atomic E-state index is 1.97. The first-order valence-corrected chi connectivity index (χ1v) is 8.41. The predicted molar refractivity (Wildman–Crippen MR) is 40.0 cm³/mol. The second-order valence-corrected chi connectivity index (χ2v) is 20.9. The molecule has 0 aromatic heterocycles. The van der Waals surface area contributed by atoms with Crippen molar-refractivity contribution >= 4 is 57.6 Å². The summed E-state index contributed by atoms with van der Waals surface area (Å²) in [6.45, 7) is 0. The molecule has 0 saturated carbocycles. The van der Waals surface area contributed by atoms with E-state index in [1.54, 1.807) is 0 Å². The molecule has 0 heterocycles. The van der Waals surface area contributed by atoms with Gasteiger partial charge in [-0.3, -0.25) is 0 Å². The summed E-state index contributed by atoms with van der Waals surface area (Å²) < 4.78 is -3.24. The summed E-state index contributed by atoms with van der Waals surface area (Å²) >= 11 is 20.7. The van der Waals surface area contributed by atoms with E-state index in [1.807, 2.05) is 8.93 Å². The molecule has 0 spiro atoms. The van der Waals surface area contributed by atoms with Gasteiger partial charge in [-0.25, -0.2) is 0 Å². The minimum atomic E-state index is -3.24. The van der Waals surface area contributed by atoms with Crippen molar-refractivity contribution in [1.29, 1.82) is 0 Å². The molecule has 6 heteroatoms. The van der Waals surface area contributed by atoms with Gasteiger partial charge in [-0.05, 0) is 0 Å². The number of hydrogen-bond acceptors (Lipinski definition) is 0. The monoisotopic (exact) mass is 204 g/mol. The van der Waals surface area contributed by atoms with Crippen LogP contribution in [0.1, 0.15) is 0 Å². The van der Waals surface area contributed by atoms with Gasteiger partial charge in [0.05, 0.1) is 0 Å². The molecule has 0 aliphatic carbocycles. The van der Waals surface area contributed by atoms with Crippen LogP contribution in [-0.4, -0.2) is 0 Å². The van der Waals surface area contributed by atoms with E-state index in [0.29, 0.717) is 0 Å². The van der Waals surface area contributed by atoms with E-state index in [4.69, 9.17) is 45.0 Å². The molecule has 1 atom stereocenters. The van der Waals surface area contributed by atoms with Crippen LogP contribution in [0.5, 0.6) is 0 Å².